The Balaban J connectivity index is 1.000. The lowest BCUT2D eigenvalue weighted by atomic mass is 9.67. The highest BCUT2D eigenvalue weighted by atomic mass is 19.4. The second kappa shape index (κ2) is 9.89. The molecule has 6 N–H and O–H groups in total. The van der Waals surface area contributed by atoms with Gasteiger partial charge in [0.15, 0.2) is 0 Å². The molecule has 40 heavy (non-hydrogen) atoms. The van der Waals surface area contributed by atoms with Crippen LogP contribution in [0.4, 0.5) is 19.0 Å². The van der Waals surface area contributed by atoms with E-state index in [0.29, 0.717) is 47.8 Å². The van der Waals surface area contributed by atoms with Gasteiger partial charge in [0, 0.05) is 36.7 Å². The number of nitrogens with zero attached hydrogens (tertiary/aromatic N) is 4. The van der Waals surface area contributed by atoms with Gasteiger partial charge < -0.3 is 35.6 Å². The molecule has 3 aromatic heterocycles. The van der Waals surface area contributed by atoms with Gasteiger partial charge in [-0.25, -0.2) is 15.0 Å². The third-order valence-electron chi connectivity index (χ3n) is 8.46. The molecule has 2 saturated carbocycles. The van der Waals surface area contributed by atoms with Crippen LogP contribution in [0.15, 0.2) is 36.8 Å². The molecule has 4 aromatic rings. The summed E-state index contributed by atoms with van der Waals surface area (Å²) in [4.78, 5) is 16.0. The molecule has 0 bridgehead atoms. The third kappa shape index (κ3) is 5.20. The van der Waals surface area contributed by atoms with Crippen LogP contribution in [0.2, 0.25) is 0 Å². The van der Waals surface area contributed by atoms with Gasteiger partial charge in [-0.15, -0.1) is 13.2 Å². The molecule has 0 unspecified atom stereocenters. The Kier molecular flexibility index (Phi) is 6.62. The molecule has 0 aliphatic heterocycles. The van der Waals surface area contributed by atoms with Crippen LogP contribution in [-0.4, -0.2) is 65.4 Å². The van der Waals surface area contributed by atoms with Gasteiger partial charge in [-0.3, -0.25) is 0 Å². The molecule has 10 nitrogen and oxygen atoms in total. The summed E-state index contributed by atoms with van der Waals surface area (Å²) >= 11 is 0. The summed E-state index contributed by atoms with van der Waals surface area (Å²) in [5.41, 5.74) is 7.64. The van der Waals surface area contributed by atoms with Crippen LogP contribution in [0.5, 0.6) is 5.75 Å². The number of nitrogens with two attached hydrogens (primary N) is 1. The molecule has 6 rings (SSSR count). The molecule has 2 aliphatic rings. The number of aliphatic hydroxyl groups excluding tert-OH is 2. The average molecular weight is 560 g/mol. The fourth-order valence-electron chi connectivity index (χ4n) is 6.47. The van der Waals surface area contributed by atoms with E-state index >= 15 is 0 Å². The number of nitrogens with one attached hydrogen (secondary N) is 2. The number of aromatic nitrogens is 5. The van der Waals surface area contributed by atoms with E-state index in [1.807, 2.05) is 16.8 Å². The van der Waals surface area contributed by atoms with Gasteiger partial charge in [0.05, 0.1) is 28.6 Å². The summed E-state index contributed by atoms with van der Waals surface area (Å²) in [5.74, 6) is 1.20. The monoisotopic (exact) mass is 559 g/mol. The van der Waals surface area contributed by atoms with Crippen LogP contribution in [0.3, 0.4) is 0 Å². The number of hydrogen-bond donors (Lipinski definition) is 5. The Morgan fingerprint density at radius 2 is 2.00 bits per heavy atom. The van der Waals surface area contributed by atoms with Crippen LogP contribution in [0.25, 0.3) is 22.1 Å². The Labute approximate surface area is 227 Å². The van der Waals surface area contributed by atoms with Crippen LogP contribution in [0.1, 0.15) is 44.5 Å². The topological polar surface area (TPSA) is 147 Å². The summed E-state index contributed by atoms with van der Waals surface area (Å²) in [6, 6.07) is 5.62. The van der Waals surface area contributed by atoms with E-state index in [4.69, 9.17) is 5.73 Å². The van der Waals surface area contributed by atoms with E-state index in [2.05, 4.69) is 36.9 Å². The Morgan fingerprint density at radius 3 is 2.77 bits per heavy atom. The summed E-state index contributed by atoms with van der Waals surface area (Å²) in [6.07, 6.45) is 0.845. The molecule has 0 saturated heterocycles. The van der Waals surface area contributed by atoms with Gasteiger partial charge in [0.25, 0.3) is 0 Å². The van der Waals surface area contributed by atoms with Crippen LogP contribution >= 0.6 is 0 Å². The zero-order valence-electron chi connectivity index (χ0n) is 21.9. The second-order valence-electron chi connectivity index (χ2n) is 11.4. The highest BCUT2D eigenvalue weighted by Gasteiger charge is 2.45. The first-order valence-corrected chi connectivity index (χ1v) is 13.4. The van der Waals surface area contributed by atoms with Crippen molar-refractivity contribution in [3.05, 3.63) is 42.6 Å². The minimum Gasteiger partial charge on any atom is -0.406 e. The fourth-order valence-corrected chi connectivity index (χ4v) is 6.47. The van der Waals surface area contributed by atoms with Crippen LogP contribution < -0.4 is 15.8 Å². The number of hydrogen-bond acceptors (Lipinski definition) is 8. The molecule has 2 fully saturated rings. The maximum atomic E-state index is 12.5. The number of imidazole rings is 1. The summed E-state index contributed by atoms with van der Waals surface area (Å²) in [6.45, 7) is 2.75. The summed E-state index contributed by atoms with van der Waals surface area (Å²) in [7, 11) is 0. The molecule has 3 heterocycles. The van der Waals surface area contributed by atoms with Crippen molar-refractivity contribution in [3.63, 3.8) is 0 Å². The lowest BCUT2D eigenvalue weighted by molar-refractivity contribution is -0.274. The SMILES string of the molecule is C[C@]1(NC[C@H]2C[C@@H](n3ccc4c(N)ncnc43)[C@H](O)[C@@H]2O)C[C@H](CCc2nc3cc(OC(F)(F)F)ccc3[nH]2)C1. The smallest absolute Gasteiger partial charge is 0.406 e. The summed E-state index contributed by atoms with van der Waals surface area (Å²) in [5, 5.41) is 26.0. The number of fused-ring (bicyclic) bond motifs is 2. The molecule has 0 radical (unpaired) electrons. The highest BCUT2D eigenvalue weighted by molar-refractivity contribution is 5.86. The number of H-pyrrole nitrogens is 1. The third-order valence-corrected chi connectivity index (χ3v) is 8.46. The molecule has 0 spiro atoms. The second-order valence-corrected chi connectivity index (χ2v) is 11.4. The van der Waals surface area contributed by atoms with Gasteiger partial charge >= 0.3 is 6.36 Å². The number of ether oxygens (including phenoxy) is 1. The first-order valence-electron chi connectivity index (χ1n) is 13.4. The molecule has 1 aromatic carbocycles. The van der Waals surface area contributed by atoms with Crippen molar-refractivity contribution >= 4 is 27.9 Å². The Morgan fingerprint density at radius 1 is 1.20 bits per heavy atom. The standard InChI is InChI=1S/C27H32F3N7O3/c1-26(10-14(11-26)2-5-21-35-18-4-3-16(9-19(18)36-21)40-27(28,29)30)34-12-15-8-20(23(39)22(15)38)37-7-6-17-24(31)32-13-33-25(17)37/h3-4,6-7,9,13-15,20,22-23,34,38-39H,2,5,8,10-12H2,1H3,(H,35,36)(H2,31,32,33)/t14-,15-,20-,22-,23+,26-/m1/s1. The Hall–Kier alpha value is -3.42. The average Bonchev–Trinajstić information content (AvgIpc) is 3.55. The van der Waals surface area contributed by atoms with Crippen molar-refractivity contribution in [1.82, 2.24) is 29.8 Å². The van der Waals surface area contributed by atoms with E-state index < -0.39 is 18.6 Å². The molecular formula is C27H32F3N7O3. The first kappa shape index (κ1) is 26.8. The van der Waals surface area contributed by atoms with Crippen LogP contribution in [0, 0.1) is 11.8 Å². The lowest BCUT2D eigenvalue weighted by Gasteiger charge is -2.47. The zero-order chi connectivity index (χ0) is 28.2. The molecule has 13 heteroatoms. The maximum absolute atomic E-state index is 12.5. The van der Waals surface area contributed by atoms with E-state index in [1.165, 1.54) is 24.5 Å². The normalized spacial score (nSPS) is 28.8. The number of aliphatic hydroxyl groups is 2. The Bertz CT molecular complexity index is 1510. The van der Waals surface area contributed by atoms with Crippen molar-refractivity contribution in [2.24, 2.45) is 11.8 Å². The van der Waals surface area contributed by atoms with E-state index in [-0.39, 0.29) is 23.2 Å². The number of alkyl halides is 3. The highest BCUT2D eigenvalue weighted by Crippen LogP contribution is 2.42. The van der Waals surface area contributed by atoms with Crippen molar-refractivity contribution in [3.8, 4) is 5.75 Å². The van der Waals surface area contributed by atoms with Gasteiger partial charge in [-0.2, -0.15) is 0 Å². The van der Waals surface area contributed by atoms with E-state index in [9.17, 15) is 23.4 Å². The number of nitrogen functional groups attached to an aromatic ring is 1. The lowest BCUT2D eigenvalue weighted by Crippen LogP contribution is -2.54. The number of aryl methyl sites for hydroxylation is 1. The number of aromatic amines is 1. The van der Waals surface area contributed by atoms with E-state index in [0.717, 1.165) is 30.5 Å². The first-order chi connectivity index (χ1) is 19.0. The molecule has 2 aliphatic carbocycles. The largest absolute Gasteiger partial charge is 0.573 e. The minimum absolute atomic E-state index is 0.0625. The van der Waals surface area contributed by atoms with Crippen LogP contribution in [-0.2, 0) is 6.42 Å². The molecule has 214 valence electrons. The fraction of sp³-hybridized carbons (Fsp3) is 0.519. The van der Waals surface area contributed by atoms with Crippen molar-refractivity contribution in [2.45, 2.75) is 69.2 Å². The molecule has 4 atom stereocenters. The maximum Gasteiger partial charge on any atom is 0.573 e. The quantitative estimate of drug-likeness (QED) is 0.221. The van der Waals surface area contributed by atoms with Gasteiger partial charge in [-0.05, 0) is 56.7 Å². The van der Waals surface area contributed by atoms with Gasteiger partial charge in [-0.1, -0.05) is 0 Å². The molecular weight excluding hydrogens is 527 g/mol. The zero-order valence-corrected chi connectivity index (χ0v) is 21.9. The van der Waals surface area contributed by atoms with Crippen molar-refractivity contribution < 1.29 is 28.1 Å². The number of benzene rings is 1. The molecule has 0 amide bonds. The van der Waals surface area contributed by atoms with Crippen molar-refractivity contribution in [1.29, 1.82) is 0 Å². The minimum atomic E-state index is -4.74. The predicted molar refractivity (Wildman–Crippen MR) is 141 cm³/mol. The van der Waals surface area contributed by atoms with E-state index in [1.54, 1.807) is 0 Å². The van der Waals surface area contributed by atoms with Crippen molar-refractivity contribution in [2.75, 3.05) is 12.3 Å². The van der Waals surface area contributed by atoms with Gasteiger partial charge in [0.1, 0.15) is 35.5 Å². The number of anilines is 1. The van der Waals surface area contributed by atoms with Gasteiger partial charge in [0.2, 0.25) is 0 Å². The summed E-state index contributed by atoms with van der Waals surface area (Å²) < 4.78 is 43.3. The predicted octanol–water partition coefficient (Wildman–Crippen LogP) is 3.46. The number of rotatable bonds is 8. The number of halogens is 3.